The van der Waals surface area contributed by atoms with Gasteiger partial charge in [0.25, 0.3) is 0 Å². The Morgan fingerprint density at radius 3 is 2.71 bits per heavy atom. The maximum absolute atomic E-state index is 10.9. The summed E-state index contributed by atoms with van der Waals surface area (Å²) in [5.41, 5.74) is 0.178. The fourth-order valence-corrected chi connectivity index (χ4v) is 2.48. The van der Waals surface area contributed by atoms with E-state index < -0.39 is 16.1 Å². The lowest BCUT2D eigenvalue weighted by molar-refractivity contribution is -0.388. The SMILES string of the molecule is CCC(Sc1c([N+](=O)[O-])c(C)nn1C)C(=O)O. The Morgan fingerprint density at radius 2 is 2.29 bits per heavy atom. The van der Waals surface area contributed by atoms with Gasteiger partial charge in [0.15, 0.2) is 5.03 Å². The number of rotatable bonds is 5. The average molecular weight is 259 g/mol. The third-order valence-corrected chi connectivity index (χ3v) is 3.72. The fourth-order valence-electron chi connectivity index (χ4n) is 1.41. The molecule has 8 heteroatoms. The van der Waals surface area contributed by atoms with Crippen molar-refractivity contribution in [2.45, 2.75) is 30.5 Å². The minimum absolute atomic E-state index is 0.114. The first-order valence-corrected chi connectivity index (χ1v) is 5.83. The quantitative estimate of drug-likeness (QED) is 0.490. The van der Waals surface area contributed by atoms with Crippen molar-refractivity contribution in [3.8, 4) is 0 Å². The van der Waals surface area contributed by atoms with Crippen LogP contribution in [0, 0.1) is 17.0 Å². The van der Waals surface area contributed by atoms with Crippen molar-refractivity contribution in [3.63, 3.8) is 0 Å². The third-order valence-electron chi connectivity index (χ3n) is 2.22. The zero-order valence-electron chi connectivity index (χ0n) is 9.71. The molecule has 0 saturated carbocycles. The molecule has 0 aromatic carbocycles. The number of hydrogen-bond donors (Lipinski definition) is 1. The fraction of sp³-hybridized carbons (Fsp3) is 0.556. The molecule has 1 aromatic heterocycles. The normalized spacial score (nSPS) is 12.4. The molecule has 0 aliphatic heterocycles. The number of carboxylic acids is 1. The second-order valence-electron chi connectivity index (χ2n) is 3.47. The van der Waals surface area contributed by atoms with Gasteiger partial charge in [-0.3, -0.25) is 19.6 Å². The molecule has 0 amide bonds. The van der Waals surface area contributed by atoms with Crippen LogP contribution in [0.15, 0.2) is 5.03 Å². The van der Waals surface area contributed by atoms with Gasteiger partial charge in [-0.25, -0.2) is 0 Å². The molecule has 0 aliphatic carbocycles. The van der Waals surface area contributed by atoms with Gasteiger partial charge in [-0.2, -0.15) is 5.10 Å². The second-order valence-corrected chi connectivity index (χ2v) is 4.66. The van der Waals surface area contributed by atoms with Crippen LogP contribution in [0.1, 0.15) is 19.0 Å². The van der Waals surface area contributed by atoms with Crippen LogP contribution in [0.3, 0.4) is 0 Å². The molecule has 1 atom stereocenters. The summed E-state index contributed by atoms with van der Waals surface area (Å²) in [5.74, 6) is -0.981. The number of carbonyl (C=O) groups is 1. The van der Waals surface area contributed by atoms with E-state index in [0.717, 1.165) is 11.8 Å². The number of aliphatic carboxylic acids is 1. The minimum Gasteiger partial charge on any atom is -0.480 e. The lowest BCUT2D eigenvalue weighted by atomic mass is 10.3. The highest BCUT2D eigenvalue weighted by Gasteiger charge is 2.28. The Balaban J connectivity index is 3.13. The van der Waals surface area contributed by atoms with Crippen LogP contribution in [0.4, 0.5) is 5.69 Å². The second kappa shape index (κ2) is 5.17. The largest absolute Gasteiger partial charge is 0.480 e. The smallest absolute Gasteiger partial charge is 0.323 e. The molecule has 1 N–H and O–H groups in total. The van der Waals surface area contributed by atoms with Crippen LogP contribution in [0.25, 0.3) is 0 Å². The van der Waals surface area contributed by atoms with E-state index in [2.05, 4.69) is 5.10 Å². The predicted octanol–water partition coefficient (Wildman–Crippen LogP) is 1.59. The van der Waals surface area contributed by atoms with Gasteiger partial charge in [0.05, 0.1) is 4.92 Å². The molecule has 0 bridgehead atoms. The lowest BCUT2D eigenvalue weighted by Gasteiger charge is -2.08. The standard InChI is InChI=1S/C9H13N3O4S/c1-4-6(9(13)14)17-8-7(12(15)16)5(2)10-11(8)3/h6H,4H2,1-3H3,(H,13,14). The summed E-state index contributed by atoms with van der Waals surface area (Å²) in [7, 11) is 1.57. The Kier molecular flexibility index (Phi) is 4.11. The number of carboxylic acid groups (broad SMARTS) is 1. The number of nitrogens with zero attached hydrogens (tertiary/aromatic N) is 3. The molecule has 0 spiro atoms. The van der Waals surface area contributed by atoms with Crippen LogP contribution in [-0.2, 0) is 11.8 Å². The number of thioether (sulfide) groups is 1. The van der Waals surface area contributed by atoms with Gasteiger partial charge in [-0.1, -0.05) is 18.7 Å². The highest BCUT2D eigenvalue weighted by Crippen LogP contribution is 2.35. The van der Waals surface area contributed by atoms with E-state index in [1.165, 1.54) is 11.6 Å². The summed E-state index contributed by atoms with van der Waals surface area (Å²) in [6.45, 7) is 3.25. The van der Waals surface area contributed by atoms with Crippen LogP contribution in [0.2, 0.25) is 0 Å². The summed E-state index contributed by atoms with van der Waals surface area (Å²) in [6, 6.07) is 0. The topological polar surface area (TPSA) is 98.3 Å². The molecule has 17 heavy (non-hydrogen) atoms. The van der Waals surface area contributed by atoms with Crippen molar-refractivity contribution in [1.29, 1.82) is 0 Å². The Hall–Kier alpha value is -1.57. The first kappa shape index (κ1) is 13.5. The van der Waals surface area contributed by atoms with Crippen LogP contribution in [0.5, 0.6) is 0 Å². The predicted molar refractivity (Wildman–Crippen MR) is 62.2 cm³/mol. The summed E-state index contributed by atoms with van der Waals surface area (Å²) in [6.07, 6.45) is 0.390. The van der Waals surface area contributed by atoms with Crippen molar-refractivity contribution in [2.75, 3.05) is 0 Å². The first-order valence-electron chi connectivity index (χ1n) is 4.95. The van der Waals surface area contributed by atoms with Crippen LogP contribution < -0.4 is 0 Å². The highest BCUT2D eigenvalue weighted by molar-refractivity contribution is 8.00. The van der Waals surface area contributed by atoms with E-state index >= 15 is 0 Å². The molecular formula is C9H13N3O4S. The van der Waals surface area contributed by atoms with E-state index in [9.17, 15) is 14.9 Å². The monoisotopic (exact) mass is 259 g/mol. The Labute approximate surface area is 102 Å². The minimum atomic E-state index is -0.981. The van der Waals surface area contributed by atoms with Gasteiger partial charge in [-0.15, -0.1) is 0 Å². The van der Waals surface area contributed by atoms with Crippen molar-refractivity contribution >= 4 is 23.4 Å². The van der Waals surface area contributed by atoms with E-state index in [1.54, 1.807) is 14.0 Å². The van der Waals surface area contributed by atoms with Gasteiger partial charge in [0, 0.05) is 7.05 Å². The van der Waals surface area contributed by atoms with E-state index in [1.807, 2.05) is 0 Å². The summed E-state index contributed by atoms with van der Waals surface area (Å²) >= 11 is 0.958. The Bertz CT molecular complexity index is 457. The van der Waals surface area contributed by atoms with Crippen molar-refractivity contribution in [3.05, 3.63) is 15.8 Å². The van der Waals surface area contributed by atoms with Crippen molar-refractivity contribution in [1.82, 2.24) is 9.78 Å². The van der Waals surface area contributed by atoms with Crippen molar-refractivity contribution in [2.24, 2.45) is 7.05 Å². The van der Waals surface area contributed by atoms with Crippen LogP contribution >= 0.6 is 11.8 Å². The molecule has 94 valence electrons. The van der Waals surface area contributed by atoms with Crippen molar-refractivity contribution < 1.29 is 14.8 Å². The van der Waals surface area contributed by atoms with Gasteiger partial charge >= 0.3 is 11.7 Å². The van der Waals surface area contributed by atoms with E-state index in [4.69, 9.17) is 5.11 Å². The summed E-state index contributed by atoms with van der Waals surface area (Å²) < 4.78 is 1.35. The number of aryl methyl sites for hydroxylation is 2. The lowest BCUT2D eigenvalue weighted by Crippen LogP contribution is -2.15. The zero-order chi connectivity index (χ0) is 13.2. The third kappa shape index (κ3) is 2.76. The molecule has 0 saturated heterocycles. The highest BCUT2D eigenvalue weighted by atomic mass is 32.2. The molecule has 0 radical (unpaired) electrons. The van der Waals surface area contributed by atoms with E-state index in [0.29, 0.717) is 12.1 Å². The molecule has 7 nitrogen and oxygen atoms in total. The molecule has 1 rings (SSSR count). The molecular weight excluding hydrogens is 246 g/mol. The maximum atomic E-state index is 10.9. The molecule has 1 aromatic rings. The van der Waals surface area contributed by atoms with Gasteiger partial charge in [0.2, 0.25) is 0 Å². The Morgan fingerprint density at radius 1 is 1.71 bits per heavy atom. The van der Waals surface area contributed by atoms with Gasteiger partial charge < -0.3 is 5.11 Å². The van der Waals surface area contributed by atoms with E-state index in [-0.39, 0.29) is 10.7 Å². The molecule has 0 aliphatic rings. The molecule has 0 fully saturated rings. The summed E-state index contributed by atoms with van der Waals surface area (Å²) in [5, 5.41) is 23.3. The van der Waals surface area contributed by atoms with Gasteiger partial charge in [0.1, 0.15) is 10.9 Å². The number of nitro groups is 1. The number of hydrogen-bond acceptors (Lipinski definition) is 5. The average Bonchev–Trinajstić information content (AvgIpc) is 2.49. The first-order chi connectivity index (χ1) is 7.88. The number of aromatic nitrogens is 2. The summed E-state index contributed by atoms with van der Waals surface area (Å²) in [4.78, 5) is 21.3. The molecule has 1 heterocycles. The molecule has 1 unspecified atom stereocenters. The maximum Gasteiger partial charge on any atom is 0.323 e. The zero-order valence-corrected chi connectivity index (χ0v) is 10.5. The van der Waals surface area contributed by atoms with Gasteiger partial charge in [-0.05, 0) is 13.3 Å². The van der Waals surface area contributed by atoms with Crippen LogP contribution in [-0.4, -0.2) is 31.0 Å².